The van der Waals surface area contributed by atoms with Crippen LogP contribution in [0.15, 0.2) is 24.3 Å². The van der Waals surface area contributed by atoms with Crippen LogP contribution >= 0.6 is 15.6 Å². The number of carbonyl (C=O) groups is 5. The van der Waals surface area contributed by atoms with Gasteiger partial charge in [0, 0.05) is 19.2 Å². The monoisotopic (exact) mass is 1330 g/mol. The van der Waals surface area contributed by atoms with Gasteiger partial charge in [0.15, 0.2) is 25.2 Å². The van der Waals surface area contributed by atoms with Crippen molar-refractivity contribution in [1.82, 2.24) is 21.3 Å². The fourth-order valence-corrected chi connectivity index (χ4v) is 10.3. The number of phosphoric acid groups is 2. The first kappa shape index (κ1) is 75.5. The molecule has 5 amide bonds. The van der Waals surface area contributed by atoms with Crippen molar-refractivity contribution in [2.24, 2.45) is 5.73 Å². The Balaban J connectivity index is 1.40. The van der Waals surface area contributed by atoms with Crippen LogP contribution in [0.5, 0.6) is 0 Å². The van der Waals surface area contributed by atoms with Crippen molar-refractivity contribution in [1.29, 1.82) is 0 Å². The highest BCUT2D eigenvalue weighted by Crippen LogP contribution is 2.39. The zero-order valence-corrected chi connectivity index (χ0v) is 49.5. The van der Waals surface area contributed by atoms with Crippen LogP contribution in [0.2, 0.25) is 0 Å². The number of anilines is 1. The Morgan fingerprint density at radius 1 is 0.562 bits per heavy atom. The second-order valence-corrected chi connectivity index (χ2v) is 23.8. The van der Waals surface area contributed by atoms with Crippen molar-refractivity contribution in [3.63, 3.8) is 0 Å². The number of ether oxygens (including phenoxy) is 8. The number of phosphoric ester groups is 2. The summed E-state index contributed by atoms with van der Waals surface area (Å²) in [6.45, 7) is -0.966. The van der Waals surface area contributed by atoms with Gasteiger partial charge in [-0.1, -0.05) is 12.1 Å². The van der Waals surface area contributed by atoms with E-state index in [1.54, 1.807) is 24.3 Å². The summed E-state index contributed by atoms with van der Waals surface area (Å²) in [6, 6.07) is 0.852. The highest BCUT2D eigenvalue weighted by molar-refractivity contribution is 7.46. The maximum absolute atomic E-state index is 14.5. The van der Waals surface area contributed by atoms with Crippen LogP contribution in [0.25, 0.3) is 0 Å². The molecule has 4 aliphatic rings. The Kier molecular flexibility index (Phi) is 28.5. The lowest BCUT2D eigenvalue weighted by molar-refractivity contribution is -0.371. The Hall–Kier alpha value is -4.21. The van der Waals surface area contributed by atoms with E-state index in [2.05, 4.69) is 30.3 Å². The van der Waals surface area contributed by atoms with E-state index >= 15 is 0 Å². The van der Waals surface area contributed by atoms with Crippen molar-refractivity contribution in [2.45, 2.75) is 200 Å². The summed E-state index contributed by atoms with van der Waals surface area (Å²) < 4.78 is 77.0. The molecule has 510 valence electrons. The van der Waals surface area contributed by atoms with Gasteiger partial charge in [0.1, 0.15) is 116 Å². The molecule has 0 bridgehead atoms. The number of hydrogen-bond donors (Lipinski definition) is 22. The van der Waals surface area contributed by atoms with Crippen LogP contribution in [0.1, 0.15) is 45.6 Å². The van der Waals surface area contributed by atoms with Gasteiger partial charge in [0.2, 0.25) is 29.5 Å². The molecular weight excluding hydrogens is 1250 g/mol. The molecule has 4 unspecified atom stereocenters. The van der Waals surface area contributed by atoms with E-state index in [4.69, 9.17) is 49.4 Å². The molecule has 0 aliphatic carbocycles. The number of aliphatic hydroxyl groups excluding tert-OH is 12. The Morgan fingerprint density at radius 3 is 1.40 bits per heavy atom. The molecule has 24 N–H and O–H groups in total. The lowest BCUT2D eigenvalue weighted by Gasteiger charge is -2.46. The number of rotatable bonds is 31. The molecule has 39 nitrogen and oxygen atoms in total. The first-order chi connectivity index (χ1) is 41.5. The average molecular weight is 1330 g/mol. The molecule has 0 spiro atoms. The number of nitrogens with one attached hydrogen (secondary N) is 4. The topological polar surface area (TPSA) is 636 Å². The zero-order valence-electron chi connectivity index (χ0n) is 47.8. The van der Waals surface area contributed by atoms with E-state index < -0.39 is 225 Å². The van der Waals surface area contributed by atoms with E-state index in [1.165, 1.54) is 0 Å². The van der Waals surface area contributed by atoms with Crippen molar-refractivity contribution < 1.29 is 161 Å². The lowest BCUT2D eigenvalue weighted by atomic mass is 9.97. The summed E-state index contributed by atoms with van der Waals surface area (Å²) in [5.41, 5.74) is 12.6. The number of primary amides is 1. The molecule has 4 heterocycles. The van der Waals surface area contributed by atoms with Crippen LogP contribution in [0.4, 0.5) is 5.69 Å². The van der Waals surface area contributed by atoms with Gasteiger partial charge in [0.05, 0.1) is 45.1 Å². The van der Waals surface area contributed by atoms with E-state index in [0.717, 1.165) is 20.8 Å². The van der Waals surface area contributed by atoms with Gasteiger partial charge >= 0.3 is 15.6 Å². The van der Waals surface area contributed by atoms with Crippen molar-refractivity contribution in [3.8, 4) is 0 Å². The molecule has 5 rings (SSSR count). The first-order valence-corrected chi connectivity index (χ1v) is 30.6. The van der Waals surface area contributed by atoms with Gasteiger partial charge in [0.25, 0.3) is 0 Å². The fourth-order valence-electron chi connectivity index (χ4n) is 9.59. The lowest BCUT2D eigenvalue weighted by Crippen LogP contribution is -2.66. The highest BCUT2D eigenvalue weighted by Gasteiger charge is 2.54. The first-order valence-electron chi connectivity index (χ1n) is 27.5. The third-order valence-electron chi connectivity index (χ3n) is 14.5. The van der Waals surface area contributed by atoms with Crippen molar-refractivity contribution in [2.75, 3.05) is 38.7 Å². The predicted octanol–water partition coefficient (Wildman–Crippen LogP) is -10.7. The molecule has 4 fully saturated rings. The minimum Gasteiger partial charge on any atom is -0.399 e. The van der Waals surface area contributed by atoms with Gasteiger partial charge in [-0.15, -0.1) is 0 Å². The van der Waals surface area contributed by atoms with Gasteiger partial charge in [-0.3, -0.25) is 33.0 Å². The summed E-state index contributed by atoms with van der Waals surface area (Å²) in [5, 5.41) is 138. The standard InChI is InChI=1S/C48H80N6O33P2/c1-17(80-47-40(36(65)30(59)23(13-55)82-47)86-45-38(67)34(63)32(61)25(84-45)15-78-88(72,73)74)28(42(50)69)54-43(70)22(6-4-5-11-51-27(58)12-20-7-9-21(49)10-8-20)53-44(71)29(52-19(3)57)18(2)81-48-41(37(66)31(60)24(14-56)83-48)87-46-39(68)35(64)33(62)26(85-46)16-79-89(75,76)77/h7-10,17-18,22-26,28-41,45-48,55-56,59-68H,4-6,11-16,49H2,1-3H3,(H2,50,69)(H,51,58)(H,52,57)(H,53,71)(H,54,70)(H2,72,73,74)(H2,75,76,77)/t17?,18?,22-,23+,24+,25+,26+,28-,29-,30+,31+,32+,33+,34-,35-,36-,37-,38-,39-,40-,41-,45?,46?,47-,48-/m0/s1. The Bertz CT molecular complexity index is 2560. The number of nitrogens with two attached hydrogens (primary N) is 2. The number of carbonyl (C=O) groups excluding carboxylic acids is 5. The number of amides is 5. The van der Waals surface area contributed by atoms with Gasteiger partial charge in [-0.25, -0.2) is 9.13 Å². The minimum atomic E-state index is -5.22. The van der Waals surface area contributed by atoms with E-state index in [0.29, 0.717) is 11.3 Å². The van der Waals surface area contributed by atoms with Crippen LogP contribution in [-0.4, -0.2) is 297 Å². The van der Waals surface area contributed by atoms with Crippen LogP contribution in [0, 0.1) is 0 Å². The van der Waals surface area contributed by atoms with Gasteiger partial charge in [-0.05, 0) is 50.8 Å². The quantitative estimate of drug-likeness (QED) is 0.0186. The summed E-state index contributed by atoms with van der Waals surface area (Å²) in [5.74, 6) is -5.09. The van der Waals surface area contributed by atoms with E-state index in [9.17, 15) is 114 Å². The fraction of sp³-hybridized carbons (Fsp3) is 0.771. The number of nitrogen functional groups attached to an aromatic ring is 1. The summed E-state index contributed by atoms with van der Waals surface area (Å²) in [4.78, 5) is 105. The smallest absolute Gasteiger partial charge is 0.399 e. The number of benzene rings is 1. The van der Waals surface area contributed by atoms with Crippen molar-refractivity contribution in [3.05, 3.63) is 29.8 Å². The summed E-state index contributed by atoms with van der Waals surface area (Å²) >= 11 is 0. The maximum atomic E-state index is 14.5. The molecule has 41 heteroatoms. The molecule has 25 atom stereocenters. The average Bonchev–Trinajstić information content (AvgIpc) is 1.46. The summed E-state index contributed by atoms with van der Waals surface area (Å²) in [7, 11) is -10.4. The molecule has 1 aromatic carbocycles. The molecule has 1 aromatic rings. The number of hydrogen-bond acceptors (Lipinski definition) is 30. The molecule has 4 aliphatic heterocycles. The SMILES string of the molecule is CC(=O)N[C@H](C(=O)N[C@@H](CCCCNC(=O)Cc1ccc(N)cc1)C(=O)N[C@H](C(N)=O)C(C)O[C@H]1O[C@H](CO)[C@@H](O)[C@H](O)[C@@H]1OC1O[C@H](COP(=O)(O)O)[C@@H](O)[C@H](O)[C@@H]1O)C(C)O[C@H]1O[C@H](CO)[C@@H](O)[C@H](O)[C@@H]1OC1O[C@H](COP(=O)(O)O)[C@@H](O)[C@H](O)[C@@H]1O. The molecule has 89 heavy (non-hydrogen) atoms. The number of aliphatic hydroxyl groups is 12. The molecular formula is C48H80N6O33P2. The maximum Gasteiger partial charge on any atom is 0.469 e. The largest absolute Gasteiger partial charge is 0.469 e. The van der Waals surface area contributed by atoms with E-state index in [-0.39, 0.29) is 32.2 Å². The molecule has 4 saturated heterocycles. The summed E-state index contributed by atoms with van der Waals surface area (Å²) in [6.07, 6.45) is -44.4. The second kappa shape index (κ2) is 33.6. The molecule has 0 saturated carbocycles. The second-order valence-electron chi connectivity index (χ2n) is 21.3. The van der Waals surface area contributed by atoms with Crippen molar-refractivity contribution >= 4 is 50.9 Å². The molecule has 0 aromatic heterocycles. The van der Waals surface area contributed by atoms with Gasteiger partial charge in [-0.2, -0.15) is 0 Å². The zero-order chi connectivity index (χ0) is 66.6. The van der Waals surface area contributed by atoms with Crippen LogP contribution in [0.3, 0.4) is 0 Å². The number of unbranched alkanes of at least 4 members (excludes halogenated alkanes) is 1. The Morgan fingerprint density at radius 2 is 0.989 bits per heavy atom. The normalized spacial score (nSPS) is 34.5. The third kappa shape index (κ3) is 21.4. The Labute approximate surface area is 505 Å². The van der Waals surface area contributed by atoms with Crippen LogP contribution in [-0.2, 0) is 86.5 Å². The predicted molar refractivity (Wildman–Crippen MR) is 288 cm³/mol. The molecule has 0 radical (unpaired) electrons. The van der Waals surface area contributed by atoms with Crippen LogP contribution < -0.4 is 32.7 Å². The minimum absolute atomic E-state index is 0.000270. The third-order valence-corrected chi connectivity index (χ3v) is 15.5. The van der Waals surface area contributed by atoms with E-state index in [1.807, 2.05) is 0 Å². The van der Waals surface area contributed by atoms with Gasteiger partial charge < -0.3 is 151 Å². The highest BCUT2D eigenvalue weighted by atomic mass is 31.2.